The first-order valence-corrected chi connectivity index (χ1v) is 10.4. The van der Waals surface area contributed by atoms with Crippen LogP contribution in [0.4, 0.5) is 5.69 Å². The summed E-state index contributed by atoms with van der Waals surface area (Å²) in [6, 6.07) is 12.3. The van der Waals surface area contributed by atoms with Crippen LogP contribution < -0.4 is 10.9 Å². The summed E-state index contributed by atoms with van der Waals surface area (Å²) in [7, 11) is 0. The van der Waals surface area contributed by atoms with Gasteiger partial charge in [-0.1, -0.05) is 39.3 Å². The molecule has 8 heteroatoms. The highest BCUT2D eigenvalue weighted by molar-refractivity contribution is 9.10. The summed E-state index contributed by atoms with van der Waals surface area (Å²) in [5.41, 5.74) is 1.17. The Morgan fingerprint density at radius 1 is 1.30 bits per heavy atom. The van der Waals surface area contributed by atoms with Crippen LogP contribution in [0.3, 0.4) is 0 Å². The summed E-state index contributed by atoms with van der Waals surface area (Å²) >= 11 is 10.5. The zero-order chi connectivity index (χ0) is 19.6. The molecule has 27 heavy (non-hydrogen) atoms. The van der Waals surface area contributed by atoms with E-state index >= 15 is 0 Å². The second-order valence-corrected chi connectivity index (χ2v) is 8.52. The summed E-state index contributed by atoms with van der Waals surface area (Å²) < 4.78 is 2.42. The number of aromatic nitrogens is 2. The van der Waals surface area contributed by atoms with E-state index in [0.717, 1.165) is 4.47 Å². The van der Waals surface area contributed by atoms with Crippen LogP contribution in [-0.2, 0) is 11.3 Å². The molecule has 0 saturated carbocycles. The van der Waals surface area contributed by atoms with Gasteiger partial charge >= 0.3 is 0 Å². The van der Waals surface area contributed by atoms with Gasteiger partial charge in [0.15, 0.2) is 5.16 Å². The number of hydrogen-bond donors (Lipinski definition) is 1. The van der Waals surface area contributed by atoms with Crippen LogP contribution in [0.25, 0.3) is 10.9 Å². The van der Waals surface area contributed by atoms with Gasteiger partial charge in [0.25, 0.3) is 5.56 Å². The molecule has 0 bridgehead atoms. The smallest absolute Gasteiger partial charge is 0.262 e. The normalized spacial score (nSPS) is 12.1. The van der Waals surface area contributed by atoms with Crippen molar-refractivity contribution in [2.24, 2.45) is 0 Å². The predicted molar refractivity (Wildman–Crippen MR) is 115 cm³/mol. The van der Waals surface area contributed by atoms with Gasteiger partial charge < -0.3 is 5.32 Å². The Morgan fingerprint density at radius 2 is 2.00 bits per heavy atom. The maximum atomic E-state index is 12.8. The van der Waals surface area contributed by atoms with E-state index in [1.54, 1.807) is 47.9 Å². The lowest BCUT2D eigenvalue weighted by Gasteiger charge is -2.15. The Hall–Kier alpha value is -1.83. The molecule has 1 unspecified atom stereocenters. The zero-order valence-electron chi connectivity index (χ0n) is 14.7. The molecule has 1 N–H and O–H groups in total. The number of anilines is 1. The molecule has 140 valence electrons. The Bertz CT molecular complexity index is 1050. The Kier molecular flexibility index (Phi) is 6.24. The van der Waals surface area contributed by atoms with Gasteiger partial charge in [-0.15, -0.1) is 0 Å². The first kappa shape index (κ1) is 19.9. The molecule has 1 atom stereocenters. The number of carbonyl (C=O) groups excluding carboxylic acids is 1. The number of hydrogen-bond acceptors (Lipinski definition) is 4. The van der Waals surface area contributed by atoms with Crippen molar-refractivity contribution >= 4 is 61.8 Å². The maximum absolute atomic E-state index is 12.8. The number of fused-ring (bicyclic) bond motifs is 1. The van der Waals surface area contributed by atoms with Crippen LogP contribution >= 0.6 is 39.3 Å². The van der Waals surface area contributed by atoms with E-state index in [2.05, 4.69) is 26.2 Å². The number of halogens is 2. The van der Waals surface area contributed by atoms with E-state index in [-0.39, 0.29) is 11.5 Å². The van der Waals surface area contributed by atoms with E-state index in [1.165, 1.54) is 11.8 Å². The predicted octanol–water partition coefficient (Wildman–Crippen LogP) is 4.95. The van der Waals surface area contributed by atoms with Crippen LogP contribution in [0, 0.1) is 0 Å². The highest BCUT2D eigenvalue weighted by Crippen LogP contribution is 2.25. The van der Waals surface area contributed by atoms with Gasteiger partial charge in [-0.3, -0.25) is 14.2 Å². The molecule has 0 aliphatic rings. The minimum Gasteiger partial charge on any atom is -0.325 e. The Labute approximate surface area is 174 Å². The number of nitrogens with one attached hydrogen (secondary N) is 1. The number of rotatable bonds is 5. The third-order valence-corrected chi connectivity index (χ3v) is 5.80. The fourth-order valence-corrected chi connectivity index (χ4v) is 3.99. The van der Waals surface area contributed by atoms with Crippen molar-refractivity contribution in [3.8, 4) is 0 Å². The van der Waals surface area contributed by atoms with Gasteiger partial charge in [0.1, 0.15) is 0 Å². The van der Waals surface area contributed by atoms with Crippen molar-refractivity contribution < 1.29 is 4.79 Å². The lowest BCUT2D eigenvalue weighted by Crippen LogP contribution is -2.26. The second kappa shape index (κ2) is 8.46. The van der Waals surface area contributed by atoms with Crippen LogP contribution in [0.1, 0.15) is 13.8 Å². The molecule has 5 nitrogen and oxygen atoms in total. The standard InChI is InChI=1S/C19H17BrClN3O2S/c1-3-24-18(26)15-10-12(20)4-9-16(15)23-19(24)27-11(2)17(25)22-14-7-5-13(21)6-8-14/h4-11H,3H2,1-2H3,(H,22,25). The van der Waals surface area contributed by atoms with Crippen LogP contribution in [-0.4, -0.2) is 20.7 Å². The molecule has 0 aliphatic carbocycles. The average Bonchev–Trinajstić information content (AvgIpc) is 2.64. The summed E-state index contributed by atoms with van der Waals surface area (Å²) in [5.74, 6) is -0.171. The highest BCUT2D eigenvalue weighted by Gasteiger charge is 2.19. The maximum Gasteiger partial charge on any atom is 0.262 e. The topological polar surface area (TPSA) is 64.0 Å². The SMILES string of the molecule is CCn1c(SC(C)C(=O)Nc2ccc(Cl)cc2)nc2ccc(Br)cc2c1=O. The van der Waals surface area contributed by atoms with Gasteiger partial charge in [-0.05, 0) is 56.3 Å². The zero-order valence-corrected chi connectivity index (χ0v) is 17.9. The van der Waals surface area contributed by atoms with Crippen LogP contribution in [0.5, 0.6) is 0 Å². The van der Waals surface area contributed by atoms with E-state index in [1.807, 2.05) is 13.0 Å². The molecule has 0 saturated heterocycles. The number of nitrogens with zero attached hydrogens (tertiary/aromatic N) is 2. The molecular weight excluding hydrogens is 450 g/mol. The molecule has 0 aliphatic heterocycles. The van der Waals surface area contributed by atoms with E-state index in [4.69, 9.17) is 11.6 Å². The monoisotopic (exact) mass is 465 g/mol. The summed E-state index contributed by atoms with van der Waals surface area (Å²) in [6.07, 6.45) is 0. The van der Waals surface area contributed by atoms with Gasteiger partial charge in [-0.2, -0.15) is 0 Å². The molecule has 1 heterocycles. The van der Waals surface area contributed by atoms with Crippen LogP contribution in [0.2, 0.25) is 5.02 Å². The molecule has 2 aromatic carbocycles. The number of carbonyl (C=O) groups is 1. The quantitative estimate of drug-likeness (QED) is 0.427. The van der Waals surface area contributed by atoms with Crippen molar-refractivity contribution in [3.05, 3.63) is 62.3 Å². The Morgan fingerprint density at radius 3 is 2.67 bits per heavy atom. The van der Waals surface area contributed by atoms with Gasteiger partial charge in [-0.25, -0.2) is 4.98 Å². The summed E-state index contributed by atoms with van der Waals surface area (Å²) in [5, 5.41) is 4.09. The summed E-state index contributed by atoms with van der Waals surface area (Å²) in [4.78, 5) is 29.9. The van der Waals surface area contributed by atoms with Crippen molar-refractivity contribution in [1.82, 2.24) is 9.55 Å². The number of thioether (sulfide) groups is 1. The minimum absolute atomic E-state index is 0.114. The van der Waals surface area contributed by atoms with Gasteiger partial charge in [0, 0.05) is 21.7 Å². The Balaban J connectivity index is 1.86. The average molecular weight is 467 g/mol. The third kappa shape index (κ3) is 4.54. The minimum atomic E-state index is -0.432. The number of amides is 1. The van der Waals surface area contributed by atoms with E-state index in [0.29, 0.717) is 33.3 Å². The molecule has 1 aromatic heterocycles. The second-order valence-electron chi connectivity index (χ2n) is 5.86. The van der Waals surface area contributed by atoms with E-state index < -0.39 is 5.25 Å². The fourth-order valence-electron chi connectivity index (χ4n) is 2.53. The first-order valence-electron chi connectivity index (χ1n) is 8.32. The van der Waals surface area contributed by atoms with Crippen molar-refractivity contribution in [1.29, 1.82) is 0 Å². The summed E-state index contributed by atoms with van der Waals surface area (Å²) in [6.45, 7) is 4.14. The first-order chi connectivity index (χ1) is 12.9. The van der Waals surface area contributed by atoms with Crippen molar-refractivity contribution in [2.75, 3.05) is 5.32 Å². The van der Waals surface area contributed by atoms with Gasteiger partial charge in [0.05, 0.1) is 16.2 Å². The van der Waals surface area contributed by atoms with Crippen LogP contribution in [0.15, 0.2) is 56.9 Å². The van der Waals surface area contributed by atoms with Crippen molar-refractivity contribution in [2.45, 2.75) is 30.8 Å². The lowest BCUT2D eigenvalue weighted by atomic mass is 10.2. The molecule has 1 amide bonds. The lowest BCUT2D eigenvalue weighted by molar-refractivity contribution is -0.115. The molecule has 0 spiro atoms. The highest BCUT2D eigenvalue weighted by atomic mass is 79.9. The molecule has 3 rings (SSSR count). The van der Waals surface area contributed by atoms with Gasteiger partial charge in [0.2, 0.25) is 5.91 Å². The third-order valence-electron chi connectivity index (χ3n) is 3.96. The molecular formula is C19H17BrClN3O2S. The largest absolute Gasteiger partial charge is 0.325 e. The van der Waals surface area contributed by atoms with Crippen molar-refractivity contribution in [3.63, 3.8) is 0 Å². The molecule has 0 fully saturated rings. The molecule has 0 radical (unpaired) electrons. The number of benzene rings is 2. The van der Waals surface area contributed by atoms with E-state index in [9.17, 15) is 9.59 Å². The fraction of sp³-hybridized carbons (Fsp3) is 0.211. The molecule has 3 aromatic rings.